The molecule has 9 nitrogen and oxygen atoms in total. The monoisotopic (exact) mass is 433 g/mol. The first-order valence-electron chi connectivity index (χ1n) is 9.99. The van der Waals surface area contributed by atoms with Crippen LogP contribution < -0.4 is 10.9 Å². The van der Waals surface area contributed by atoms with E-state index in [1.54, 1.807) is 12.1 Å². The Labute approximate surface area is 176 Å². The molecule has 10 heteroatoms. The molecule has 30 heavy (non-hydrogen) atoms. The molecule has 1 amide bonds. The molecule has 0 aliphatic carbocycles. The van der Waals surface area contributed by atoms with Gasteiger partial charge < -0.3 is 10.2 Å². The van der Waals surface area contributed by atoms with Gasteiger partial charge >= 0.3 is 0 Å². The standard InChI is InChI=1S/C20H27N5O4S/c1-3-4-11-25-19(26)10-9-18(22-25)20(27)21-16-5-7-17(8-6-16)30(28,29)24-14-12-23(2)13-15-24/h5-10H,3-4,11-15H2,1-2H3,(H,21,27). The van der Waals surface area contributed by atoms with Crippen molar-refractivity contribution >= 4 is 21.6 Å². The molecular weight excluding hydrogens is 406 g/mol. The molecule has 0 bridgehead atoms. The molecule has 1 fully saturated rings. The molecule has 3 rings (SSSR count). The minimum absolute atomic E-state index is 0.125. The third-order valence-corrected chi connectivity index (χ3v) is 6.95. The highest BCUT2D eigenvalue weighted by Gasteiger charge is 2.27. The molecule has 162 valence electrons. The van der Waals surface area contributed by atoms with Gasteiger partial charge in [-0.1, -0.05) is 13.3 Å². The number of unbranched alkanes of at least 4 members (excludes halogenated alkanes) is 1. The fraction of sp³-hybridized carbons (Fsp3) is 0.450. The largest absolute Gasteiger partial charge is 0.321 e. The second kappa shape index (κ2) is 9.50. The Kier molecular flexibility index (Phi) is 7.01. The number of nitrogens with zero attached hydrogens (tertiary/aromatic N) is 4. The average molecular weight is 434 g/mol. The number of rotatable bonds is 7. The molecule has 1 aliphatic heterocycles. The Hall–Kier alpha value is -2.56. The Morgan fingerprint density at radius 2 is 1.73 bits per heavy atom. The van der Waals surface area contributed by atoms with Crippen LogP contribution in [0.25, 0.3) is 0 Å². The van der Waals surface area contributed by atoms with E-state index in [0.29, 0.717) is 38.4 Å². The van der Waals surface area contributed by atoms with Crippen LogP contribution in [0.5, 0.6) is 0 Å². The maximum atomic E-state index is 12.8. The first-order valence-corrected chi connectivity index (χ1v) is 11.4. The number of aryl methyl sites for hydroxylation is 1. The van der Waals surface area contributed by atoms with Gasteiger partial charge in [0.05, 0.1) is 4.90 Å². The van der Waals surface area contributed by atoms with E-state index in [9.17, 15) is 18.0 Å². The molecule has 1 aromatic heterocycles. The fourth-order valence-corrected chi connectivity index (χ4v) is 4.54. The molecule has 1 aromatic carbocycles. The number of piperazine rings is 1. The summed E-state index contributed by atoms with van der Waals surface area (Å²) >= 11 is 0. The van der Waals surface area contributed by atoms with Crippen molar-refractivity contribution in [1.82, 2.24) is 19.0 Å². The van der Waals surface area contributed by atoms with Crippen LogP contribution in [0.2, 0.25) is 0 Å². The number of carbonyl (C=O) groups is 1. The summed E-state index contributed by atoms with van der Waals surface area (Å²) in [4.78, 5) is 26.6. The van der Waals surface area contributed by atoms with Crippen molar-refractivity contribution in [3.63, 3.8) is 0 Å². The van der Waals surface area contributed by atoms with Crippen LogP contribution in [0, 0.1) is 0 Å². The molecule has 2 heterocycles. The number of hydrogen-bond donors (Lipinski definition) is 1. The Morgan fingerprint density at radius 3 is 2.37 bits per heavy atom. The average Bonchev–Trinajstić information content (AvgIpc) is 2.74. The summed E-state index contributed by atoms with van der Waals surface area (Å²) in [6, 6.07) is 8.77. The zero-order valence-electron chi connectivity index (χ0n) is 17.2. The van der Waals surface area contributed by atoms with Gasteiger partial charge in [0, 0.05) is 44.5 Å². The van der Waals surface area contributed by atoms with Crippen molar-refractivity contribution in [2.45, 2.75) is 31.2 Å². The molecule has 2 aromatic rings. The summed E-state index contributed by atoms with van der Waals surface area (Å²) < 4.78 is 28.3. The molecule has 0 saturated carbocycles. The predicted molar refractivity (Wildman–Crippen MR) is 114 cm³/mol. The van der Waals surface area contributed by atoms with E-state index in [0.717, 1.165) is 12.8 Å². The van der Waals surface area contributed by atoms with Gasteiger partial charge in [0.15, 0.2) is 0 Å². The first-order chi connectivity index (χ1) is 14.3. The summed E-state index contributed by atoms with van der Waals surface area (Å²) in [7, 11) is -1.59. The Bertz CT molecular complexity index is 1040. The van der Waals surface area contributed by atoms with Crippen molar-refractivity contribution in [3.05, 3.63) is 52.4 Å². The molecule has 0 spiro atoms. The molecule has 1 N–H and O–H groups in total. The predicted octanol–water partition coefficient (Wildman–Crippen LogP) is 1.23. The van der Waals surface area contributed by atoms with Crippen molar-refractivity contribution in [2.24, 2.45) is 0 Å². The van der Waals surface area contributed by atoms with Crippen LogP contribution in [0.15, 0.2) is 46.1 Å². The highest BCUT2D eigenvalue weighted by Crippen LogP contribution is 2.20. The van der Waals surface area contributed by atoms with E-state index in [1.165, 1.54) is 33.3 Å². The lowest BCUT2D eigenvalue weighted by molar-refractivity contribution is 0.101. The molecule has 0 radical (unpaired) electrons. The highest BCUT2D eigenvalue weighted by atomic mass is 32.2. The lowest BCUT2D eigenvalue weighted by Crippen LogP contribution is -2.46. The normalized spacial score (nSPS) is 15.8. The van der Waals surface area contributed by atoms with Gasteiger partial charge in [0.25, 0.3) is 11.5 Å². The lowest BCUT2D eigenvalue weighted by Gasteiger charge is -2.31. The Morgan fingerprint density at radius 1 is 1.07 bits per heavy atom. The molecule has 0 atom stereocenters. The number of carbonyl (C=O) groups excluding carboxylic acids is 1. The first kappa shape index (κ1) is 22.1. The Balaban J connectivity index is 1.70. The minimum Gasteiger partial charge on any atom is -0.321 e. The maximum Gasteiger partial charge on any atom is 0.276 e. The molecular formula is C20H27N5O4S. The quantitative estimate of drug-likeness (QED) is 0.704. The van der Waals surface area contributed by atoms with Gasteiger partial charge in [0.2, 0.25) is 10.0 Å². The van der Waals surface area contributed by atoms with E-state index in [1.807, 2.05) is 14.0 Å². The number of hydrogen-bond acceptors (Lipinski definition) is 6. The van der Waals surface area contributed by atoms with Crippen LogP contribution in [-0.4, -0.2) is 66.5 Å². The summed E-state index contributed by atoms with van der Waals surface area (Å²) in [6.45, 7) is 4.76. The molecule has 1 saturated heterocycles. The van der Waals surface area contributed by atoms with E-state index in [2.05, 4.69) is 15.3 Å². The van der Waals surface area contributed by atoms with Gasteiger partial charge in [-0.15, -0.1) is 0 Å². The zero-order chi connectivity index (χ0) is 21.7. The number of likely N-dealkylation sites (N-methyl/N-ethyl adjacent to an activating group) is 1. The van der Waals surface area contributed by atoms with Crippen molar-refractivity contribution in [3.8, 4) is 0 Å². The summed E-state index contributed by atoms with van der Waals surface area (Å²) in [5, 5.41) is 6.81. The summed E-state index contributed by atoms with van der Waals surface area (Å²) in [6.07, 6.45) is 1.70. The number of anilines is 1. The number of aromatic nitrogens is 2. The van der Waals surface area contributed by atoms with Crippen LogP contribution in [0.1, 0.15) is 30.3 Å². The highest BCUT2D eigenvalue weighted by molar-refractivity contribution is 7.89. The van der Waals surface area contributed by atoms with Gasteiger partial charge in [0.1, 0.15) is 5.69 Å². The third kappa shape index (κ3) is 5.13. The molecule has 0 unspecified atom stereocenters. The van der Waals surface area contributed by atoms with Crippen molar-refractivity contribution < 1.29 is 13.2 Å². The SMILES string of the molecule is CCCCn1nc(C(=O)Nc2ccc(S(=O)(=O)N3CCN(C)CC3)cc2)ccc1=O. The van der Waals surface area contributed by atoms with E-state index in [-0.39, 0.29) is 16.1 Å². The second-order valence-electron chi connectivity index (χ2n) is 7.32. The minimum atomic E-state index is -3.56. The van der Waals surface area contributed by atoms with E-state index in [4.69, 9.17) is 0 Å². The summed E-state index contributed by atoms with van der Waals surface area (Å²) in [5.74, 6) is -0.463. The van der Waals surface area contributed by atoms with Crippen LogP contribution in [0.4, 0.5) is 5.69 Å². The number of benzene rings is 1. The van der Waals surface area contributed by atoms with E-state index < -0.39 is 15.9 Å². The third-order valence-electron chi connectivity index (χ3n) is 5.03. The lowest BCUT2D eigenvalue weighted by atomic mass is 10.3. The second-order valence-corrected chi connectivity index (χ2v) is 9.26. The zero-order valence-corrected chi connectivity index (χ0v) is 18.1. The van der Waals surface area contributed by atoms with Crippen molar-refractivity contribution in [2.75, 3.05) is 38.5 Å². The smallest absolute Gasteiger partial charge is 0.276 e. The fourth-order valence-electron chi connectivity index (χ4n) is 3.12. The number of sulfonamides is 1. The van der Waals surface area contributed by atoms with Gasteiger partial charge in [-0.05, 0) is 43.8 Å². The van der Waals surface area contributed by atoms with Crippen LogP contribution in [-0.2, 0) is 16.6 Å². The van der Waals surface area contributed by atoms with Crippen molar-refractivity contribution in [1.29, 1.82) is 0 Å². The summed E-state index contributed by atoms with van der Waals surface area (Å²) in [5.41, 5.74) is 0.323. The van der Waals surface area contributed by atoms with Gasteiger partial charge in [-0.2, -0.15) is 9.40 Å². The maximum absolute atomic E-state index is 12.8. The topological polar surface area (TPSA) is 105 Å². The van der Waals surface area contributed by atoms with Crippen LogP contribution in [0.3, 0.4) is 0 Å². The van der Waals surface area contributed by atoms with E-state index >= 15 is 0 Å². The van der Waals surface area contributed by atoms with Gasteiger partial charge in [-0.25, -0.2) is 13.1 Å². The number of amides is 1. The van der Waals surface area contributed by atoms with Gasteiger partial charge in [-0.3, -0.25) is 9.59 Å². The number of nitrogens with one attached hydrogen (secondary N) is 1. The molecule has 1 aliphatic rings. The van der Waals surface area contributed by atoms with Crippen LogP contribution >= 0.6 is 0 Å².